The lowest BCUT2D eigenvalue weighted by molar-refractivity contribution is 0.485. The average Bonchev–Trinajstić information content (AvgIpc) is 2.52. The van der Waals surface area contributed by atoms with E-state index in [1.54, 1.807) is 0 Å². The highest BCUT2D eigenvalue weighted by atomic mass is 32.2. The molecule has 0 spiro atoms. The first-order valence-corrected chi connectivity index (χ1v) is 7.41. The number of rotatable bonds is 3. The summed E-state index contributed by atoms with van der Waals surface area (Å²) in [5, 5.41) is 2.12. The molecule has 1 aliphatic heterocycles. The van der Waals surface area contributed by atoms with E-state index in [1.165, 1.54) is 6.92 Å². The summed E-state index contributed by atoms with van der Waals surface area (Å²) in [7, 11) is -3.79. The van der Waals surface area contributed by atoms with Crippen LogP contribution in [0.3, 0.4) is 0 Å². The fourth-order valence-electron chi connectivity index (χ4n) is 2.30. The van der Waals surface area contributed by atoms with Gasteiger partial charge in [0, 0.05) is 5.56 Å². The topological polar surface area (TPSA) is 46.2 Å². The molecule has 2 unspecified atom stereocenters. The van der Waals surface area contributed by atoms with Crippen LogP contribution in [0.4, 0.5) is 8.78 Å². The molecule has 1 aromatic carbocycles. The predicted molar refractivity (Wildman–Crippen MR) is 64.0 cm³/mol. The molecule has 18 heavy (non-hydrogen) atoms. The maximum Gasteiger partial charge on any atom is 0.186 e. The van der Waals surface area contributed by atoms with Crippen molar-refractivity contribution in [2.24, 2.45) is 0 Å². The minimum atomic E-state index is -3.79. The second-order valence-corrected chi connectivity index (χ2v) is 6.70. The van der Waals surface area contributed by atoms with E-state index >= 15 is 0 Å². The van der Waals surface area contributed by atoms with Crippen molar-refractivity contribution in [1.82, 2.24) is 5.32 Å². The molecule has 0 aromatic heterocycles. The van der Waals surface area contributed by atoms with Gasteiger partial charge in [0.15, 0.2) is 9.84 Å². The van der Waals surface area contributed by atoms with Gasteiger partial charge >= 0.3 is 0 Å². The molecular formula is C12H15F2NO2S. The van der Waals surface area contributed by atoms with Crippen LogP contribution in [-0.2, 0) is 9.84 Å². The Morgan fingerprint density at radius 2 is 1.89 bits per heavy atom. The summed E-state index contributed by atoms with van der Waals surface area (Å²) >= 11 is 0. The smallest absolute Gasteiger partial charge is 0.186 e. The van der Waals surface area contributed by atoms with Crippen LogP contribution in [0.25, 0.3) is 0 Å². The molecule has 0 saturated carbocycles. The molecule has 1 N–H and O–H groups in total. The summed E-state index contributed by atoms with van der Waals surface area (Å²) in [6.07, 6.45) is 0.787. The number of hydrogen-bond acceptors (Lipinski definition) is 3. The third-order valence-corrected chi connectivity index (χ3v) is 5.50. The highest BCUT2D eigenvalue weighted by Gasteiger charge is 2.45. The highest BCUT2D eigenvalue weighted by molar-refractivity contribution is 7.92. The highest BCUT2D eigenvalue weighted by Crippen LogP contribution is 2.41. The number of fused-ring (bicyclic) bond motifs is 1. The van der Waals surface area contributed by atoms with Crippen LogP contribution < -0.4 is 5.32 Å². The summed E-state index contributed by atoms with van der Waals surface area (Å²) in [5.74, 6) is -1.55. The molecule has 100 valence electrons. The fraction of sp³-hybridized carbons (Fsp3) is 0.500. The predicted octanol–water partition coefficient (Wildman–Crippen LogP) is 2.18. The van der Waals surface area contributed by atoms with Crippen molar-refractivity contribution in [3.8, 4) is 0 Å². The van der Waals surface area contributed by atoms with Crippen LogP contribution in [0.15, 0.2) is 17.0 Å². The van der Waals surface area contributed by atoms with Crippen LogP contribution in [0.1, 0.15) is 31.9 Å². The normalized spacial score (nSPS) is 25.1. The van der Waals surface area contributed by atoms with Gasteiger partial charge in [-0.1, -0.05) is 6.92 Å². The summed E-state index contributed by atoms with van der Waals surface area (Å²) in [6.45, 7) is 3.95. The second-order valence-electron chi connectivity index (χ2n) is 4.45. The van der Waals surface area contributed by atoms with E-state index in [1.807, 2.05) is 6.92 Å². The summed E-state index contributed by atoms with van der Waals surface area (Å²) in [6, 6.07) is 1.16. The quantitative estimate of drug-likeness (QED) is 0.919. The first-order valence-electron chi connectivity index (χ1n) is 5.86. The van der Waals surface area contributed by atoms with Crippen LogP contribution in [-0.4, -0.2) is 20.2 Å². The molecule has 0 saturated heterocycles. The van der Waals surface area contributed by atoms with E-state index in [0.717, 1.165) is 18.6 Å². The SMILES string of the molecule is CCCNC1c2c(F)ccc(F)c2S(=O)(=O)C1C. The van der Waals surface area contributed by atoms with Gasteiger partial charge in [0.05, 0.1) is 11.3 Å². The zero-order valence-corrected chi connectivity index (χ0v) is 11.0. The summed E-state index contributed by atoms with van der Waals surface area (Å²) in [5.41, 5.74) is -0.0593. The largest absolute Gasteiger partial charge is 0.309 e. The van der Waals surface area contributed by atoms with Gasteiger partial charge in [-0.3, -0.25) is 0 Å². The Kier molecular flexibility index (Phi) is 3.42. The maximum absolute atomic E-state index is 13.8. The van der Waals surface area contributed by atoms with Crippen molar-refractivity contribution >= 4 is 9.84 Å². The number of sulfone groups is 1. The number of halogens is 2. The molecule has 1 aromatic rings. The molecule has 0 fully saturated rings. The summed E-state index contributed by atoms with van der Waals surface area (Å²) in [4.78, 5) is -0.483. The van der Waals surface area contributed by atoms with Gasteiger partial charge in [-0.25, -0.2) is 17.2 Å². The van der Waals surface area contributed by atoms with E-state index in [-0.39, 0.29) is 5.56 Å². The van der Waals surface area contributed by atoms with Crippen LogP contribution in [0.2, 0.25) is 0 Å². The van der Waals surface area contributed by atoms with E-state index in [0.29, 0.717) is 6.54 Å². The lowest BCUT2D eigenvalue weighted by Crippen LogP contribution is -2.30. The van der Waals surface area contributed by atoms with Crippen molar-refractivity contribution in [3.05, 3.63) is 29.3 Å². The lowest BCUT2D eigenvalue weighted by Gasteiger charge is -2.17. The Bertz CT molecular complexity index is 572. The van der Waals surface area contributed by atoms with Crippen LogP contribution in [0.5, 0.6) is 0 Å². The molecular weight excluding hydrogens is 260 g/mol. The zero-order valence-electron chi connectivity index (χ0n) is 10.2. The third-order valence-electron chi connectivity index (χ3n) is 3.26. The van der Waals surface area contributed by atoms with E-state index < -0.39 is 37.7 Å². The van der Waals surface area contributed by atoms with E-state index in [2.05, 4.69) is 5.32 Å². The number of hydrogen-bond donors (Lipinski definition) is 1. The van der Waals surface area contributed by atoms with Gasteiger partial charge in [0.1, 0.15) is 16.5 Å². The maximum atomic E-state index is 13.8. The van der Waals surface area contributed by atoms with Crippen molar-refractivity contribution in [2.75, 3.05) is 6.54 Å². The molecule has 0 amide bonds. The minimum Gasteiger partial charge on any atom is -0.309 e. The Balaban J connectivity index is 2.62. The lowest BCUT2D eigenvalue weighted by atomic mass is 10.0. The van der Waals surface area contributed by atoms with Crippen LogP contribution in [0, 0.1) is 11.6 Å². The van der Waals surface area contributed by atoms with E-state index in [9.17, 15) is 17.2 Å². The standard InChI is InChI=1S/C12H15F2NO2S/c1-3-6-15-11-7(2)18(16,17)12-9(14)5-4-8(13)10(11)12/h4-5,7,11,15H,3,6H2,1-2H3. The van der Waals surface area contributed by atoms with Crippen molar-refractivity contribution in [3.63, 3.8) is 0 Å². The second kappa shape index (κ2) is 4.59. The molecule has 0 bridgehead atoms. The van der Waals surface area contributed by atoms with Crippen molar-refractivity contribution in [1.29, 1.82) is 0 Å². The Labute approximate surface area is 105 Å². The third kappa shape index (κ3) is 1.83. The van der Waals surface area contributed by atoms with Gasteiger partial charge in [-0.2, -0.15) is 0 Å². The van der Waals surface area contributed by atoms with Crippen molar-refractivity contribution in [2.45, 2.75) is 36.5 Å². The summed E-state index contributed by atoms with van der Waals surface area (Å²) < 4.78 is 51.6. The zero-order chi connectivity index (χ0) is 13.5. The van der Waals surface area contributed by atoms with Gasteiger partial charge < -0.3 is 5.32 Å². The van der Waals surface area contributed by atoms with E-state index in [4.69, 9.17) is 0 Å². The number of nitrogens with one attached hydrogen (secondary N) is 1. The molecule has 6 heteroatoms. The Hall–Kier alpha value is -1.01. The van der Waals surface area contributed by atoms with Gasteiger partial charge in [0.25, 0.3) is 0 Å². The van der Waals surface area contributed by atoms with Gasteiger partial charge in [0.2, 0.25) is 0 Å². The first kappa shape index (κ1) is 13.4. The monoisotopic (exact) mass is 275 g/mol. The molecule has 3 nitrogen and oxygen atoms in total. The average molecular weight is 275 g/mol. The van der Waals surface area contributed by atoms with Gasteiger partial charge in [-0.15, -0.1) is 0 Å². The Morgan fingerprint density at radius 3 is 2.50 bits per heavy atom. The molecule has 0 radical (unpaired) electrons. The molecule has 1 heterocycles. The van der Waals surface area contributed by atoms with Crippen molar-refractivity contribution < 1.29 is 17.2 Å². The molecule has 2 rings (SSSR count). The van der Waals surface area contributed by atoms with Gasteiger partial charge in [-0.05, 0) is 32.0 Å². The molecule has 0 aliphatic carbocycles. The molecule has 2 atom stereocenters. The van der Waals surface area contributed by atoms with Crippen LogP contribution >= 0.6 is 0 Å². The first-order chi connectivity index (χ1) is 8.41. The molecule has 1 aliphatic rings. The number of benzene rings is 1. The fourth-order valence-corrected chi connectivity index (χ4v) is 4.13. The minimum absolute atomic E-state index is 0.0593. The Morgan fingerprint density at radius 1 is 1.28 bits per heavy atom.